The molecule has 0 unspecified atom stereocenters. The number of nitrogens with zero attached hydrogens (tertiary/aromatic N) is 1. The number of hydrogen-bond donors (Lipinski definition) is 2. The van der Waals surface area contributed by atoms with Gasteiger partial charge in [-0.2, -0.15) is 0 Å². The Morgan fingerprint density at radius 2 is 1.86 bits per heavy atom. The molecular formula is C21H28N2O6. The van der Waals surface area contributed by atoms with E-state index in [9.17, 15) is 19.5 Å². The second-order valence-electron chi connectivity index (χ2n) is 7.81. The minimum atomic E-state index is -1.11. The molecule has 2 saturated heterocycles. The average Bonchev–Trinajstić information content (AvgIpc) is 3.17. The predicted octanol–water partition coefficient (Wildman–Crippen LogP) is 2.35. The molecule has 0 radical (unpaired) electrons. The van der Waals surface area contributed by atoms with Gasteiger partial charge in [-0.1, -0.05) is 12.1 Å². The van der Waals surface area contributed by atoms with Gasteiger partial charge in [-0.3, -0.25) is 4.79 Å². The minimum Gasteiger partial charge on any atom is -0.480 e. The van der Waals surface area contributed by atoms with Crippen LogP contribution in [0.25, 0.3) is 0 Å². The maximum atomic E-state index is 12.4. The van der Waals surface area contributed by atoms with Crippen LogP contribution in [0.15, 0.2) is 24.3 Å². The van der Waals surface area contributed by atoms with E-state index in [1.54, 1.807) is 36.1 Å². The van der Waals surface area contributed by atoms with Crippen LogP contribution in [0.1, 0.15) is 44.6 Å². The molecule has 0 aromatic heterocycles. The monoisotopic (exact) mass is 404 g/mol. The summed E-state index contributed by atoms with van der Waals surface area (Å²) in [6.07, 6.45) is 4.21. The lowest BCUT2D eigenvalue weighted by Crippen LogP contribution is -2.51. The first kappa shape index (κ1) is 21.1. The first-order chi connectivity index (χ1) is 13.9. The van der Waals surface area contributed by atoms with E-state index >= 15 is 0 Å². The second kappa shape index (κ2) is 9.26. The van der Waals surface area contributed by atoms with Crippen LogP contribution in [0, 0.1) is 0 Å². The molecule has 29 heavy (non-hydrogen) atoms. The zero-order valence-corrected chi connectivity index (χ0v) is 16.7. The number of carboxylic acid groups (broad SMARTS) is 1. The second-order valence-corrected chi connectivity index (χ2v) is 7.81. The number of benzene rings is 1. The third kappa shape index (κ3) is 5.47. The summed E-state index contributed by atoms with van der Waals surface area (Å²) in [5, 5.41) is 12.1. The summed E-state index contributed by atoms with van der Waals surface area (Å²) in [7, 11) is 0. The zero-order chi connectivity index (χ0) is 20.9. The zero-order valence-electron chi connectivity index (χ0n) is 16.7. The molecule has 2 heterocycles. The molecule has 0 spiro atoms. The molecule has 0 saturated carbocycles. The van der Waals surface area contributed by atoms with Gasteiger partial charge in [-0.25, -0.2) is 9.59 Å². The Kier molecular flexibility index (Phi) is 6.74. The molecule has 2 aliphatic heterocycles. The van der Waals surface area contributed by atoms with E-state index in [0.29, 0.717) is 37.4 Å². The summed E-state index contributed by atoms with van der Waals surface area (Å²) < 4.78 is 10.9. The molecule has 0 aliphatic carbocycles. The molecule has 8 nitrogen and oxygen atoms in total. The number of likely N-dealkylation sites (tertiary alicyclic amines) is 1. The maximum Gasteiger partial charge on any atom is 0.415 e. The number of nitrogens with one attached hydrogen (secondary N) is 1. The number of aliphatic carboxylic acids is 1. The van der Waals surface area contributed by atoms with Crippen LogP contribution < -0.4 is 10.1 Å². The molecule has 2 fully saturated rings. The Labute approximate surface area is 170 Å². The van der Waals surface area contributed by atoms with Crippen LogP contribution in [-0.2, 0) is 20.7 Å². The molecule has 0 bridgehead atoms. The van der Waals surface area contributed by atoms with Gasteiger partial charge in [0.05, 0.1) is 0 Å². The number of piperidine rings is 1. The lowest BCUT2D eigenvalue weighted by Gasteiger charge is -2.25. The highest BCUT2D eigenvalue weighted by Crippen LogP contribution is 2.25. The first-order valence-electron chi connectivity index (χ1n) is 10.1. The number of carbonyl (C=O) groups is 3. The summed E-state index contributed by atoms with van der Waals surface area (Å²) in [6.45, 7) is 3.60. The average molecular weight is 404 g/mol. The Hall–Kier alpha value is -2.61. The Balaban J connectivity index is 1.57. The van der Waals surface area contributed by atoms with Crippen LogP contribution in [0.4, 0.5) is 4.79 Å². The first-order valence-corrected chi connectivity index (χ1v) is 10.1. The van der Waals surface area contributed by atoms with E-state index in [2.05, 4.69) is 5.32 Å². The van der Waals surface area contributed by atoms with Crippen LogP contribution in [-0.4, -0.2) is 59.3 Å². The molecule has 1 aromatic rings. The summed E-state index contributed by atoms with van der Waals surface area (Å²) >= 11 is 0. The third-order valence-corrected chi connectivity index (χ3v) is 5.49. The largest absolute Gasteiger partial charge is 0.480 e. The highest BCUT2D eigenvalue weighted by Gasteiger charge is 2.39. The van der Waals surface area contributed by atoms with Crippen LogP contribution in [0.5, 0.6) is 5.75 Å². The number of carboxylic acids is 1. The van der Waals surface area contributed by atoms with Crippen molar-refractivity contribution >= 4 is 18.0 Å². The lowest BCUT2D eigenvalue weighted by atomic mass is 10.00. The summed E-state index contributed by atoms with van der Waals surface area (Å²) in [6, 6.07) is 5.62. The van der Waals surface area contributed by atoms with Gasteiger partial charge in [0.25, 0.3) is 5.91 Å². The van der Waals surface area contributed by atoms with Crippen LogP contribution in [0.2, 0.25) is 0 Å². The molecule has 158 valence electrons. The van der Waals surface area contributed by atoms with E-state index in [-0.39, 0.29) is 12.5 Å². The maximum absolute atomic E-state index is 12.4. The molecule has 3 rings (SSSR count). The van der Waals surface area contributed by atoms with Gasteiger partial charge in [0.1, 0.15) is 17.4 Å². The number of hydrogen-bond acceptors (Lipinski definition) is 5. The smallest absolute Gasteiger partial charge is 0.415 e. The van der Waals surface area contributed by atoms with E-state index in [1.807, 2.05) is 0 Å². The minimum absolute atomic E-state index is 0.123. The van der Waals surface area contributed by atoms with Crippen molar-refractivity contribution in [2.75, 3.05) is 19.7 Å². The number of amides is 2. The number of carbonyl (C=O) groups excluding carboxylic acids is 2. The van der Waals surface area contributed by atoms with Crippen LogP contribution in [0.3, 0.4) is 0 Å². The van der Waals surface area contributed by atoms with Gasteiger partial charge < -0.3 is 24.8 Å². The van der Waals surface area contributed by atoms with Gasteiger partial charge in [-0.05, 0) is 56.7 Å². The SMILES string of the molecule is C[C@]1(C(=O)N[C@@H](Cc2ccc(OC(=O)N3CCCCC3)cc2)C(=O)O)CCCO1. The van der Waals surface area contributed by atoms with Crippen molar-refractivity contribution in [3.05, 3.63) is 29.8 Å². The molecular weight excluding hydrogens is 376 g/mol. The van der Waals surface area contributed by atoms with E-state index in [1.165, 1.54) is 0 Å². The van der Waals surface area contributed by atoms with Gasteiger partial charge >= 0.3 is 12.1 Å². The quantitative estimate of drug-likeness (QED) is 0.754. The van der Waals surface area contributed by atoms with Gasteiger partial charge in [-0.15, -0.1) is 0 Å². The Morgan fingerprint density at radius 3 is 2.45 bits per heavy atom. The molecule has 2 aliphatic rings. The molecule has 2 N–H and O–H groups in total. The fraction of sp³-hybridized carbons (Fsp3) is 0.571. The molecule has 8 heteroatoms. The third-order valence-electron chi connectivity index (χ3n) is 5.49. The highest BCUT2D eigenvalue weighted by atomic mass is 16.6. The normalized spacial score (nSPS) is 22.7. The highest BCUT2D eigenvalue weighted by molar-refractivity contribution is 5.89. The van der Waals surface area contributed by atoms with Crippen molar-refractivity contribution in [3.8, 4) is 5.75 Å². The van der Waals surface area contributed by atoms with Crippen molar-refractivity contribution in [2.24, 2.45) is 0 Å². The fourth-order valence-corrected chi connectivity index (χ4v) is 3.64. The summed E-state index contributed by atoms with van der Waals surface area (Å²) in [4.78, 5) is 37.9. The standard InChI is InChI=1S/C21H28N2O6/c1-21(10-5-13-28-21)19(26)22-17(18(24)25)14-15-6-8-16(9-7-15)29-20(27)23-11-3-2-4-12-23/h6-9,17H,2-5,10-14H2,1H3,(H,22,26)(H,24,25)/t17-,21+/m0/s1. The van der Waals surface area contributed by atoms with E-state index in [4.69, 9.17) is 9.47 Å². The van der Waals surface area contributed by atoms with E-state index < -0.39 is 23.5 Å². The van der Waals surface area contributed by atoms with Crippen molar-refractivity contribution in [3.63, 3.8) is 0 Å². The predicted molar refractivity (Wildman–Crippen MR) is 105 cm³/mol. The Morgan fingerprint density at radius 1 is 1.17 bits per heavy atom. The number of rotatable bonds is 6. The van der Waals surface area contributed by atoms with Gasteiger partial charge in [0.2, 0.25) is 0 Å². The van der Waals surface area contributed by atoms with Gasteiger partial charge in [0.15, 0.2) is 0 Å². The molecule has 1 aromatic carbocycles. The number of ether oxygens (including phenoxy) is 2. The lowest BCUT2D eigenvalue weighted by molar-refractivity contribution is -0.147. The fourth-order valence-electron chi connectivity index (χ4n) is 3.64. The van der Waals surface area contributed by atoms with Crippen molar-refractivity contribution in [2.45, 2.75) is 57.1 Å². The topological polar surface area (TPSA) is 105 Å². The molecule has 2 atom stereocenters. The van der Waals surface area contributed by atoms with Crippen molar-refractivity contribution in [1.29, 1.82) is 0 Å². The van der Waals surface area contributed by atoms with Crippen molar-refractivity contribution in [1.82, 2.24) is 10.2 Å². The van der Waals surface area contributed by atoms with Crippen LogP contribution >= 0.6 is 0 Å². The van der Waals surface area contributed by atoms with E-state index in [0.717, 1.165) is 25.7 Å². The Bertz CT molecular complexity index is 736. The summed E-state index contributed by atoms with van der Waals surface area (Å²) in [5.74, 6) is -1.11. The molecule has 2 amide bonds. The summed E-state index contributed by atoms with van der Waals surface area (Å²) in [5.41, 5.74) is -0.256. The van der Waals surface area contributed by atoms with Crippen molar-refractivity contribution < 1.29 is 29.0 Å². The van der Waals surface area contributed by atoms with Gasteiger partial charge in [0, 0.05) is 26.1 Å².